The molecule has 1 fully saturated rings. The van der Waals surface area contributed by atoms with Crippen LogP contribution in [-0.2, 0) is 24.1 Å². The molecule has 0 bridgehead atoms. The fourth-order valence-electron chi connectivity index (χ4n) is 3.37. The number of piperidine rings is 1. The van der Waals surface area contributed by atoms with Gasteiger partial charge in [-0.3, -0.25) is 4.79 Å². The van der Waals surface area contributed by atoms with Crippen LogP contribution in [0.1, 0.15) is 38.3 Å². The fraction of sp³-hybridized carbons (Fsp3) is 0.786. The van der Waals surface area contributed by atoms with Gasteiger partial charge in [-0.05, 0) is 24.8 Å². The third-order valence-corrected chi connectivity index (χ3v) is 4.69. The van der Waals surface area contributed by atoms with Gasteiger partial charge in [0.1, 0.15) is 0 Å². The van der Waals surface area contributed by atoms with E-state index in [4.69, 9.17) is 0 Å². The molecule has 1 saturated heterocycles. The molecule has 128 valence electrons. The highest BCUT2D eigenvalue weighted by molar-refractivity contribution is 5.83. The summed E-state index contributed by atoms with van der Waals surface area (Å²) in [6, 6.07) is -0.312. The van der Waals surface area contributed by atoms with Crippen LogP contribution in [0.25, 0.3) is 0 Å². The van der Waals surface area contributed by atoms with Crippen LogP contribution in [0.15, 0.2) is 0 Å². The number of carbonyl (C=O) groups excluding carboxylic acids is 1. The van der Waals surface area contributed by atoms with Crippen molar-refractivity contribution in [1.82, 2.24) is 25.0 Å². The van der Waals surface area contributed by atoms with Gasteiger partial charge in [0.15, 0.2) is 5.82 Å². The SMILES string of the molecule is CC1(C)CCCNC1C(=O)N1CCn2c(nnc2C(F)(F)F)C1. The zero-order chi connectivity index (χ0) is 16.8. The average Bonchev–Trinajstić information content (AvgIpc) is 2.89. The summed E-state index contributed by atoms with van der Waals surface area (Å²) in [6.07, 6.45) is -2.57. The molecule has 1 aromatic heterocycles. The van der Waals surface area contributed by atoms with Gasteiger partial charge in [-0.1, -0.05) is 13.8 Å². The van der Waals surface area contributed by atoms with E-state index in [1.165, 1.54) is 0 Å². The zero-order valence-corrected chi connectivity index (χ0v) is 13.2. The monoisotopic (exact) mass is 331 g/mol. The molecule has 0 aromatic carbocycles. The number of hydrogen-bond acceptors (Lipinski definition) is 4. The number of nitrogens with one attached hydrogen (secondary N) is 1. The number of hydrogen-bond donors (Lipinski definition) is 1. The lowest BCUT2D eigenvalue weighted by atomic mass is 9.77. The highest BCUT2D eigenvalue weighted by Crippen LogP contribution is 2.33. The Hall–Kier alpha value is -1.64. The zero-order valence-electron chi connectivity index (χ0n) is 13.2. The van der Waals surface area contributed by atoms with Crippen LogP contribution in [0.2, 0.25) is 0 Å². The van der Waals surface area contributed by atoms with Crippen molar-refractivity contribution in [3.8, 4) is 0 Å². The molecule has 23 heavy (non-hydrogen) atoms. The maximum absolute atomic E-state index is 12.8. The number of amides is 1. The third kappa shape index (κ3) is 2.93. The normalized spacial score (nSPS) is 24.4. The van der Waals surface area contributed by atoms with Gasteiger partial charge in [-0.15, -0.1) is 10.2 Å². The molecule has 0 saturated carbocycles. The highest BCUT2D eigenvalue weighted by atomic mass is 19.4. The molecule has 3 rings (SSSR count). The smallest absolute Gasteiger partial charge is 0.332 e. The van der Waals surface area contributed by atoms with E-state index in [0.717, 1.165) is 24.0 Å². The number of halogens is 3. The van der Waals surface area contributed by atoms with Gasteiger partial charge in [0.2, 0.25) is 11.7 Å². The van der Waals surface area contributed by atoms with Gasteiger partial charge >= 0.3 is 6.18 Å². The van der Waals surface area contributed by atoms with E-state index in [1.54, 1.807) is 4.90 Å². The van der Waals surface area contributed by atoms with Crippen molar-refractivity contribution in [2.24, 2.45) is 5.41 Å². The van der Waals surface area contributed by atoms with Crippen molar-refractivity contribution < 1.29 is 18.0 Å². The Morgan fingerprint density at radius 2 is 2.04 bits per heavy atom. The van der Waals surface area contributed by atoms with E-state index in [-0.39, 0.29) is 42.8 Å². The summed E-state index contributed by atoms with van der Waals surface area (Å²) in [6.45, 7) is 5.22. The number of nitrogens with zero attached hydrogens (tertiary/aromatic N) is 4. The maximum atomic E-state index is 12.8. The van der Waals surface area contributed by atoms with E-state index in [1.807, 2.05) is 13.8 Å². The minimum atomic E-state index is -4.52. The second-order valence-electron chi connectivity index (χ2n) is 6.83. The van der Waals surface area contributed by atoms with Crippen LogP contribution in [0.3, 0.4) is 0 Å². The summed E-state index contributed by atoms with van der Waals surface area (Å²) >= 11 is 0. The van der Waals surface area contributed by atoms with E-state index < -0.39 is 12.0 Å². The summed E-state index contributed by atoms with van der Waals surface area (Å²) < 4.78 is 39.6. The van der Waals surface area contributed by atoms with Crippen molar-refractivity contribution in [2.75, 3.05) is 13.1 Å². The Balaban J connectivity index is 1.77. The Morgan fingerprint density at radius 1 is 1.30 bits per heavy atom. The van der Waals surface area contributed by atoms with E-state index in [2.05, 4.69) is 15.5 Å². The lowest BCUT2D eigenvalue weighted by molar-refractivity contribution is -0.148. The second kappa shape index (κ2) is 5.47. The molecule has 1 atom stereocenters. The predicted molar refractivity (Wildman–Crippen MR) is 75.2 cm³/mol. The quantitative estimate of drug-likeness (QED) is 0.845. The Morgan fingerprint density at radius 3 is 2.70 bits per heavy atom. The first-order chi connectivity index (χ1) is 10.7. The van der Waals surface area contributed by atoms with Gasteiger partial charge in [0.05, 0.1) is 12.6 Å². The Bertz CT molecular complexity index is 610. The minimum Gasteiger partial charge on any atom is -0.332 e. The van der Waals surface area contributed by atoms with Gasteiger partial charge in [-0.25, -0.2) is 0 Å². The van der Waals surface area contributed by atoms with E-state index >= 15 is 0 Å². The van der Waals surface area contributed by atoms with Crippen LogP contribution < -0.4 is 5.32 Å². The van der Waals surface area contributed by atoms with E-state index in [9.17, 15) is 18.0 Å². The van der Waals surface area contributed by atoms with Gasteiger partial charge in [0, 0.05) is 13.1 Å². The Kier molecular flexibility index (Phi) is 3.86. The molecule has 0 radical (unpaired) electrons. The number of alkyl halides is 3. The van der Waals surface area contributed by atoms with Crippen molar-refractivity contribution in [2.45, 2.75) is 52.0 Å². The molecule has 0 spiro atoms. The first-order valence-electron chi connectivity index (χ1n) is 7.71. The summed E-state index contributed by atoms with van der Waals surface area (Å²) in [7, 11) is 0. The summed E-state index contributed by atoms with van der Waals surface area (Å²) in [5.74, 6) is -0.876. The van der Waals surface area contributed by atoms with E-state index in [0.29, 0.717) is 0 Å². The van der Waals surface area contributed by atoms with Crippen LogP contribution >= 0.6 is 0 Å². The largest absolute Gasteiger partial charge is 0.451 e. The minimum absolute atomic E-state index is 0.0655. The van der Waals surface area contributed by atoms with Gasteiger partial charge in [-0.2, -0.15) is 13.2 Å². The standard InChI is InChI=1S/C14H20F3N5O/c1-13(2)4-3-5-18-10(13)11(23)21-6-7-22-9(8-21)19-20-12(22)14(15,16)17/h10,18H,3-8H2,1-2H3. The fourth-order valence-corrected chi connectivity index (χ4v) is 3.37. The molecule has 9 heteroatoms. The predicted octanol–water partition coefficient (Wildman–Crippen LogP) is 1.42. The molecule has 2 aliphatic heterocycles. The molecular formula is C14H20F3N5O. The lowest BCUT2D eigenvalue weighted by Crippen LogP contribution is -2.57. The molecule has 1 aromatic rings. The van der Waals surface area contributed by atoms with Crippen molar-refractivity contribution in [3.05, 3.63) is 11.6 Å². The first-order valence-corrected chi connectivity index (χ1v) is 7.71. The summed E-state index contributed by atoms with van der Waals surface area (Å²) in [4.78, 5) is 14.3. The number of carbonyl (C=O) groups is 1. The van der Waals surface area contributed by atoms with Crippen molar-refractivity contribution in [3.63, 3.8) is 0 Å². The molecular weight excluding hydrogens is 311 g/mol. The molecule has 1 N–H and O–H groups in total. The molecule has 3 heterocycles. The van der Waals surface area contributed by atoms with Gasteiger partial charge < -0.3 is 14.8 Å². The molecule has 1 unspecified atom stereocenters. The Labute approximate surface area is 132 Å². The lowest BCUT2D eigenvalue weighted by Gasteiger charge is -2.41. The van der Waals surface area contributed by atoms with Gasteiger partial charge in [0.25, 0.3) is 0 Å². The third-order valence-electron chi connectivity index (χ3n) is 4.69. The number of rotatable bonds is 1. The first kappa shape index (κ1) is 16.2. The second-order valence-corrected chi connectivity index (χ2v) is 6.83. The van der Waals surface area contributed by atoms with Crippen LogP contribution in [0.4, 0.5) is 13.2 Å². The van der Waals surface area contributed by atoms with Crippen LogP contribution in [-0.4, -0.2) is 44.7 Å². The van der Waals surface area contributed by atoms with Crippen LogP contribution in [0, 0.1) is 5.41 Å². The number of aromatic nitrogens is 3. The van der Waals surface area contributed by atoms with Crippen LogP contribution in [0.5, 0.6) is 0 Å². The average molecular weight is 331 g/mol. The molecule has 2 aliphatic rings. The van der Waals surface area contributed by atoms with Crippen molar-refractivity contribution in [1.29, 1.82) is 0 Å². The highest BCUT2D eigenvalue weighted by Gasteiger charge is 2.42. The molecule has 6 nitrogen and oxygen atoms in total. The summed E-state index contributed by atoms with van der Waals surface area (Å²) in [5.41, 5.74) is -0.169. The topological polar surface area (TPSA) is 63.1 Å². The molecule has 1 amide bonds. The summed E-state index contributed by atoms with van der Waals surface area (Å²) in [5, 5.41) is 10.1. The number of fused-ring (bicyclic) bond motifs is 1. The van der Waals surface area contributed by atoms with Crippen molar-refractivity contribution >= 4 is 5.91 Å². The maximum Gasteiger partial charge on any atom is 0.451 e. The molecule has 0 aliphatic carbocycles.